The molecule has 0 aliphatic heterocycles. The maximum atomic E-state index is 12.7. The number of aromatic nitrogens is 5. The number of Topliss-reactive ketones (excluding diaryl/α,β-unsaturated/α-hetero) is 1. The Balaban J connectivity index is 1.50. The number of hydrogen-bond donors (Lipinski definition) is 1. The molecule has 0 saturated heterocycles. The summed E-state index contributed by atoms with van der Waals surface area (Å²) in [5, 5.41) is 15.9. The van der Waals surface area contributed by atoms with Gasteiger partial charge in [0, 0.05) is 10.6 Å². The van der Waals surface area contributed by atoms with Crippen LogP contribution in [0, 0.1) is 6.92 Å². The largest absolute Gasteiger partial charge is 0.337 e. The van der Waals surface area contributed by atoms with Gasteiger partial charge in [-0.3, -0.25) is 9.59 Å². The standard InChI is InChI=1S/C19H20Cl2N6O2S3/c1-3-14(23-19(29)30-8-7-16-11(2)22-10-31-16)15(28)9-27-25-18(24-26-27)32-17-12(20)5-4-6-13(17)21/h4-6,10,14H,3,7-9H2,1-2H3,(H,23,29). The number of nitrogens with zero attached hydrogens (tertiary/aromatic N) is 5. The van der Waals surface area contributed by atoms with Crippen LogP contribution < -0.4 is 5.32 Å². The zero-order valence-corrected chi connectivity index (χ0v) is 21.2. The Morgan fingerprint density at radius 2 is 2.03 bits per heavy atom. The van der Waals surface area contributed by atoms with Gasteiger partial charge in [-0.1, -0.05) is 48.0 Å². The molecule has 13 heteroatoms. The summed E-state index contributed by atoms with van der Waals surface area (Å²) in [6.45, 7) is 3.68. The Kier molecular flexibility index (Phi) is 9.35. The fourth-order valence-corrected chi connectivity index (χ4v) is 5.64. The van der Waals surface area contributed by atoms with Gasteiger partial charge in [0.2, 0.25) is 5.16 Å². The summed E-state index contributed by atoms with van der Waals surface area (Å²) in [5.74, 6) is 0.416. The first-order valence-electron chi connectivity index (χ1n) is 9.62. The van der Waals surface area contributed by atoms with Gasteiger partial charge in [0.05, 0.1) is 32.2 Å². The molecule has 1 unspecified atom stereocenters. The van der Waals surface area contributed by atoms with Crippen molar-refractivity contribution in [3.8, 4) is 0 Å². The molecule has 0 bridgehead atoms. The van der Waals surface area contributed by atoms with Gasteiger partial charge in [-0.2, -0.15) is 4.80 Å². The molecule has 32 heavy (non-hydrogen) atoms. The van der Waals surface area contributed by atoms with Crippen molar-refractivity contribution in [2.45, 2.75) is 49.3 Å². The lowest BCUT2D eigenvalue weighted by Gasteiger charge is -2.15. The number of hydrogen-bond acceptors (Lipinski definition) is 9. The van der Waals surface area contributed by atoms with E-state index in [1.807, 2.05) is 13.8 Å². The first kappa shape index (κ1) is 25.0. The number of aryl methyl sites for hydroxylation is 2. The molecule has 1 amide bonds. The van der Waals surface area contributed by atoms with Crippen molar-refractivity contribution in [2.75, 3.05) is 5.75 Å². The van der Waals surface area contributed by atoms with Crippen LogP contribution in [0.15, 0.2) is 33.8 Å². The van der Waals surface area contributed by atoms with E-state index >= 15 is 0 Å². The maximum absolute atomic E-state index is 12.7. The van der Waals surface area contributed by atoms with E-state index in [0.717, 1.165) is 40.5 Å². The van der Waals surface area contributed by atoms with Crippen molar-refractivity contribution >= 4 is 69.1 Å². The number of thiazole rings is 1. The van der Waals surface area contributed by atoms with Crippen molar-refractivity contribution in [1.29, 1.82) is 0 Å². The Bertz CT molecular complexity index is 1070. The maximum Gasteiger partial charge on any atom is 0.279 e. The van der Waals surface area contributed by atoms with Crippen LogP contribution in [0.5, 0.6) is 0 Å². The first-order chi connectivity index (χ1) is 15.4. The number of carbonyl (C=O) groups excluding carboxylic acids is 2. The van der Waals surface area contributed by atoms with Crippen LogP contribution in [0.3, 0.4) is 0 Å². The predicted octanol–water partition coefficient (Wildman–Crippen LogP) is 4.93. The number of rotatable bonds is 10. The minimum Gasteiger partial charge on any atom is -0.337 e. The number of ketones is 1. The molecule has 1 N–H and O–H groups in total. The zero-order chi connectivity index (χ0) is 23.1. The van der Waals surface area contributed by atoms with Gasteiger partial charge in [-0.15, -0.1) is 21.5 Å². The van der Waals surface area contributed by atoms with E-state index in [-0.39, 0.29) is 17.6 Å². The Morgan fingerprint density at radius 1 is 1.28 bits per heavy atom. The summed E-state index contributed by atoms with van der Waals surface area (Å²) in [7, 11) is 0. The van der Waals surface area contributed by atoms with Crippen LogP contribution in [0.1, 0.15) is 23.9 Å². The summed E-state index contributed by atoms with van der Waals surface area (Å²) in [6, 6.07) is 4.55. The molecule has 0 saturated carbocycles. The van der Waals surface area contributed by atoms with Crippen LogP contribution in [0.2, 0.25) is 10.0 Å². The quantitative estimate of drug-likeness (QED) is 0.393. The molecular weight excluding hydrogens is 511 g/mol. The summed E-state index contributed by atoms with van der Waals surface area (Å²) < 4.78 is 0. The molecule has 2 heterocycles. The lowest BCUT2D eigenvalue weighted by Crippen LogP contribution is -2.40. The molecule has 3 rings (SSSR count). The number of tetrazole rings is 1. The van der Waals surface area contributed by atoms with Crippen molar-refractivity contribution in [3.05, 3.63) is 44.3 Å². The highest BCUT2D eigenvalue weighted by molar-refractivity contribution is 8.13. The number of amides is 1. The Hall–Kier alpha value is -1.66. The second-order valence-electron chi connectivity index (χ2n) is 6.57. The lowest BCUT2D eigenvalue weighted by molar-refractivity contribution is -0.121. The number of benzene rings is 1. The van der Waals surface area contributed by atoms with Crippen LogP contribution in [0.25, 0.3) is 0 Å². The predicted molar refractivity (Wildman–Crippen MR) is 129 cm³/mol. The summed E-state index contributed by atoms with van der Waals surface area (Å²) >= 11 is 16.2. The Morgan fingerprint density at radius 3 is 2.69 bits per heavy atom. The third-order valence-corrected chi connectivity index (χ3v) is 7.97. The molecule has 3 aromatic rings. The molecule has 1 aromatic carbocycles. The van der Waals surface area contributed by atoms with Crippen LogP contribution in [-0.4, -0.2) is 48.0 Å². The van der Waals surface area contributed by atoms with Gasteiger partial charge in [0.15, 0.2) is 5.78 Å². The second kappa shape index (κ2) is 12.0. The van der Waals surface area contributed by atoms with E-state index in [4.69, 9.17) is 23.2 Å². The molecule has 0 fully saturated rings. The molecule has 1 atom stereocenters. The van der Waals surface area contributed by atoms with Crippen molar-refractivity contribution < 1.29 is 9.59 Å². The minimum absolute atomic E-state index is 0.104. The van der Waals surface area contributed by atoms with E-state index in [2.05, 4.69) is 25.7 Å². The lowest BCUT2D eigenvalue weighted by atomic mass is 10.1. The topological polar surface area (TPSA) is 103 Å². The van der Waals surface area contributed by atoms with Gasteiger partial charge < -0.3 is 5.32 Å². The summed E-state index contributed by atoms with van der Waals surface area (Å²) in [5.41, 5.74) is 2.79. The third kappa shape index (κ3) is 6.92. The van der Waals surface area contributed by atoms with E-state index in [1.165, 1.54) is 4.80 Å². The molecule has 8 nitrogen and oxygen atoms in total. The first-order valence-corrected chi connectivity index (χ1v) is 13.1. The molecule has 0 radical (unpaired) electrons. The summed E-state index contributed by atoms with van der Waals surface area (Å²) in [6.07, 6.45) is 1.22. The molecule has 2 aromatic heterocycles. The smallest absolute Gasteiger partial charge is 0.279 e. The monoisotopic (exact) mass is 530 g/mol. The van der Waals surface area contributed by atoms with Gasteiger partial charge in [0.1, 0.15) is 6.54 Å². The van der Waals surface area contributed by atoms with Gasteiger partial charge in [0.25, 0.3) is 5.24 Å². The minimum atomic E-state index is -0.625. The van der Waals surface area contributed by atoms with E-state index < -0.39 is 6.04 Å². The number of halogens is 2. The highest BCUT2D eigenvalue weighted by Gasteiger charge is 2.21. The normalized spacial score (nSPS) is 12.0. The summed E-state index contributed by atoms with van der Waals surface area (Å²) in [4.78, 5) is 32.1. The van der Waals surface area contributed by atoms with E-state index in [9.17, 15) is 9.59 Å². The fourth-order valence-electron chi connectivity index (χ4n) is 2.65. The number of nitrogens with one attached hydrogen (secondary N) is 1. The van der Waals surface area contributed by atoms with Gasteiger partial charge >= 0.3 is 0 Å². The third-order valence-electron chi connectivity index (χ3n) is 4.34. The Labute approximate surface area is 207 Å². The number of thioether (sulfide) groups is 1. The van der Waals surface area contributed by atoms with Crippen LogP contribution in [-0.2, 0) is 17.8 Å². The molecular formula is C19H20Cl2N6O2S3. The molecule has 170 valence electrons. The van der Waals surface area contributed by atoms with Crippen molar-refractivity contribution in [2.24, 2.45) is 0 Å². The SMILES string of the molecule is CCC(NC(=O)SCCc1scnc1C)C(=O)Cn1nnc(Sc2c(Cl)cccc2Cl)n1. The van der Waals surface area contributed by atoms with Gasteiger partial charge in [-0.05, 0) is 48.9 Å². The van der Waals surface area contributed by atoms with Crippen molar-refractivity contribution in [1.82, 2.24) is 30.5 Å². The van der Waals surface area contributed by atoms with E-state index in [1.54, 1.807) is 35.0 Å². The van der Waals surface area contributed by atoms with Crippen LogP contribution in [0.4, 0.5) is 4.79 Å². The number of carbonyl (C=O) groups is 2. The highest BCUT2D eigenvalue weighted by atomic mass is 35.5. The zero-order valence-electron chi connectivity index (χ0n) is 17.2. The fraction of sp³-hybridized carbons (Fsp3) is 0.368. The average Bonchev–Trinajstić information content (AvgIpc) is 3.37. The second-order valence-corrected chi connectivity index (χ2v) is 10.4. The van der Waals surface area contributed by atoms with Crippen molar-refractivity contribution in [3.63, 3.8) is 0 Å². The van der Waals surface area contributed by atoms with Crippen LogP contribution >= 0.6 is 58.1 Å². The average molecular weight is 532 g/mol. The molecule has 0 aliphatic carbocycles. The highest BCUT2D eigenvalue weighted by Crippen LogP contribution is 2.36. The van der Waals surface area contributed by atoms with Gasteiger partial charge in [-0.25, -0.2) is 4.98 Å². The molecule has 0 spiro atoms. The molecule has 0 aliphatic rings. The van der Waals surface area contributed by atoms with E-state index in [0.29, 0.717) is 32.3 Å².